The van der Waals surface area contributed by atoms with Crippen LogP contribution in [-0.4, -0.2) is 16.7 Å². The van der Waals surface area contributed by atoms with Crippen molar-refractivity contribution in [3.05, 3.63) is 56.7 Å². The SMILES string of the molecule is C=CCn1c(Nc2ccc(OC)c(Cl)c2)nc2sc3c(c2c1=O)CCCC3. The molecule has 1 aliphatic carbocycles. The molecule has 1 aliphatic rings. The van der Waals surface area contributed by atoms with Gasteiger partial charge in [-0.3, -0.25) is 9.36 Å². The number of rotatable bonds is 5. The maximum atomic E-state index is 13.2. The Morgan fingerprint density at radius 2 is 2.22 bits per heavy atom. The summed E-state index contributed by atoms with van der Waals surface area (Å²) in [7, 11) is 1.57. The molecule has 7 heteroatoms. The topological polar surface area (TPSA) is 56.1 Å². The Labute approximate surface area is 166 Å². The molecule has 0 fully saturated rings. The van der Waals surface area contributed by atoms with Crippen molar-refractivity contribution in [2.45, 2.75) is 32.2 Å². The van der Waals surface area contributed by atoms with Crippen molar-refractivity contribution in [1.82, 2.24) is 9.55 Å². The fourth-order valence-corrected chi connectivity index (χ4v) is 5.02. The first-order valence-corrected chi connectivity index (χ1v) is 10.1. The molecule has 0 bridgehead atoms. The second-order valence-electron chi connectivity index (χ2n) is 6.51. The lowest BCUT2D eigenvalue weighted by Crippen LogP contribution is -2.24. The summed E-state index contributed by atoms with van der Waals surface area (Å²) >= 11 is 7.86. The molecule has 27 heavy (non-hydrogen) atoms. The molecule has 2 heterocycles. The number of aryl methyl sites for hydroxylation is 2. The molecule has 0 saturated heterocycles. The van der Waals surface area contributed by atoms with E-state index in [0.717, 1.165) is 35.2 Å². The van der Waals surface area contributed by atoms with E-state index in [1.54, 1.807) is 41.2 Å². The Kier molecular flexibility index (Phi) is 4.93. The predicted octanol–water partition coefficient (Wildman–Crippen LogP) is 4.93. The van der Waals surface area contributed by atoms with Crippen molar-refractivity contribution >= 4 is 44.8 Å². The van der Waals surface area contributed by atoms with Crippen molar-refractivity contribution in [3.63, 3.8) is 0 Å². The van der Waals surface area contributed by atoms with Crippen LogP contribution in [0.15, 0.2) is 35.6 Å². The van der Waals surface area contributed by atoms with Crippen molar-refractivity contribution in [2.24, 2.45) is 0 Å². The molecule has 0 aliphatic heterocycles. The first-order chi connectivity index (χ1) is 13.1. The van der Waals surface area contributed by atoms with Crippen LogP contribution in [0.2, 0.25) is 5.02 Å². The van der Waals surface area contributed by atoms with Crippen LogP contribution in [-0.2, 0) is 19.4 Å². The molecule has 0 atom stereocenters. The van der Waals surface area contributed by atoms with Crippen LogP contribution >= 0.6 is 22.9 Å². The number of nitrogens with zero attached hydrogens (tertiary/aromatic N) is 2. The number of allylic oxidation sites excluding steroid dienone is 1. The number of hydrogen-bond donors (Lipinski definition) is 1. The zero-order valence-electron chi connectivity index (χ0n) is 15.0. The molecule has 0 spiro atoms. The van der Waals surface area contributed by atoms with E-state index in [4.69, 9.17) is 21.3 Å². The lowest BCUT2D eigenvalue weighted by atomic mass is 9.97. The van der Waals surface area contributed by atoms with E-state index >= 15 is 0 Å². The molecular formula is C20H20ClN3O2S. The van der Waals surface area contributed by atoms with E-state index in [-0.39, 0.29) is 5.56 Å². The number of aromatic nitrogens is 2. The normalized spacial score (nSPS) is 13.4. The van der Waals surface area contributed by atoms with E-state index < -0.39 is 0 Å². The van der Waals surface area contributed by atoms with Crippen molar-refractivity contribution < 1.29 is 4.74 Å². The Balaban J connectivity index is 1.84. The molecule has 3 aromatic rings. The molecule has 1 N–H and O–H groups in total. The van der Waals surface area contributed by atoms with Crippen LogP contribution in [0.3, 0.4) is 0 Å². The third-order valence-corrected chi connectivity index (χ3v) is 6.28. The van der Waals surface area contributed by atoms with Gasteiger partial charge in [-0.2, -0.15) is 0 Å². The van der Waals surface area contributed by atoms with Gasteiger partial charge in [0.1, 0.15) is 10.6 Å². The van der Waals surface area contributed by atoms with Gasteiger partial charge < -0.3 is 10.1 Å². The van der Waals surface area contributed by atoms with E-state index in [0.29, 0.717) is 23.3 Å². The molecular weight excluding hydrogens is 382 g/mol. The van der Waals surface area contributed by atoms with Gasteiger partial charge in [0, 0.05) is 17.1 Å². The van der Waals surface area contributed by atoms with Gasteiger partial charge in [-0.1, -0.05) is 17.7 Å². The lowest BCUT2D eigenvalue weighted by molar-refractivity contribution is 0.415. The highest BCUT2D eigenvalue weighted by molar-refractivity contribution is 7.18. The minimum absolute atomic E-state index is 0.0126. The summed E-state index contributed by atoms with van der Waals surface area (Å²) in [5.41, 5.74) is 1.92. The van der Waals surface area contributed by atoms with Gasteiger partial charge in [0.2, 0.25) is 5.95 Å². The number of halogens is 1. The number of thiophene rings is 1. The summed E-state index contributed by atoms with van der Waals surface area (Å²) in [6, 6.07) is 5.39. The predicted molar refractivity (Wildman–Crippen MR) is 112 cm³/mol. The minimum Gasteiger partial charge on any atom is -0.495 e. The number of benzene rings is 1. The van der Waals surface area contributed by atoms with Gasteiger partial charge in [-0.15, -0.1) is 17.9 Å². The van der Waals surface area contributed by atoms with E-state index in [9.17, 15) is 4.79 Å². The zero-order valence-corrected chi connectivity index (χ0v) is 16.6. The van der Waals surface area contributed by atoms with E-state index in [1.165, 1.54) is 16.9 Å². The molecule has 0 radical (unpaired) electrons. The van der Waals surface area contributed by atoms with Gasteiger partial charge in [-0.25, -0.2) is 4.98 Å². The molecule has 140 valence electrons. The summed E-state index contributed by atoms with van der Waals surface area (Å²) in [6.45, 7) is 4.17. The fourth-order valence-electron chi connectivity index (χ4n) is 3.51. The third kappa shape index (κ3) is 3.24. The van der Waals surface area contributed by atoms with Crippen molar-refractivity contribution in [1.29, 1.82) is 0 Å². The minimum atomic E-state index is -0.0126. The standard InChI is InChI=1S/C20H20ClN3O2S/c1-3-10-24-19(25)17-13-6-4-5-7-16(13)27-18(17)23-20(24)22-12-8-9-15(26-2)14(21)11-12/h3,8-9,11H,1,4-7,10H2,2H3,(H,22,23). The van der Waals surface area contributed by atoms with E-state index in [2.05, 4.69) is 11.9 Å². The van der Waals surface area contributed by atoms with Crippen LogP contribution in [0.5, 0.6) is 5.75 Å². The molecule has 2 aromatic heterocycles. The van der Waals surface area contributed by atoms with Gasteiger partial charge in [0.05, 0.1) is 17.5 Å². The van der Waals surface area contributed by atoms with Gasteiger partial charge in [0.15, 0.2) is 0 Å². The summed E-state index contributed by atoms with van der Waals surface area (Å²) < 4.78 is 6.83. The van der Waals surface area contributed by atoms with Crippen LogP contribution < -0.4 is 15.6 Å². The Bertz CT molecular complexity index is 1090. The van der Waals surface area contributed by atoms with Gasteiger partial charge in [-0.05, 0) is 49.4 Å². The molecule has 1 aromatic carbocycles. The second-order valence-corrected chi connectivity index (χ2v) is 8.00. The average Bonchev–Trinajstić information content (AvgIpc) is 3.03. The van der Waals surface area contributed by atoms with Crippen LogP contribution in [0.1, 0.15) is 23.3 Å². The maximum absolute atomic E-state index is 13.2. The smallest absolute Gasteiger partial charge is 0.264 e. The molecule has 0 amide bonds. The maximum Gasteiger partial charge on any atom is 0.264 e. The molecule has 0 saturated carbocycles. The molecule has 0 unspecified atom stereocenters. The Hall–Kier alpha value is -2.31. The van der Waals surface area contributed by atoms with Crippen LogP contribution in [0.25, 0.3) is 10.2 Å². The average molecular weight is 402 g/mol. The van der Waals surface area contributed by atoms with Crippen LogP contribution in [0, 0.1) is 0 Å². The Morgan fingerprint density at radius 3 is 2.96 bits per heavy atom. The highest BCUT2D eigenvalue weighted by Crippen LogP contribution is 2.35. The van der Waals surface area contributed by atoms with E-state index in [1.807, 2.05) is 6.07 Å². The Morgan fingerprint density at radius 1 is 1.41 bits per heavy atom. The number of methoxy groups -OCH3 is 1. The highest BCUT2D eigenvalue weighted by atomic mass is 35.5. The first kappa shape index (κ1) is 18.1. The van der Waals surface area contributed by atoms with Crippen LogP contribution in [0.4, 0.5) is 11.6 Å². The quantitative estimate of drug-likeness (QED) is 0.616. The third-order valence-electron chi connectivity index (χ3n) is 4.79. The monoisotopic (exact) mass is 401 g/mol. The highest BCUT2D eigenvalue weighted by Gasteiger charge is 2.22. The number of ether oxygens (including phenoxy) is 1. The largest absolute Gasteiger partial charge is 0.495 e. The number of hydrogen-bond acceptors (Lipinski definition) is 5. The summed E-state index contributed by atoms with van der Waals surface area (Å²) in [6.07, 6.45) is 6.01. The van der Waals surface area contributed by atoms with Crippen molar-refractivity contribution in [2.75, 3.05) is 12.4 Å². The van der Waals surface area contributed by atoms with Crippen molar-refractivity contribution in [3.8, 4) is 5.75 Å². The fraction of sp³-hybridized carbons (Fsp3) is 0.300. The summed E-state index contributed by atoms with van der Waals surface area (Å²) in [5.74, 6) is 1.09. The zero-order chi connectivity index (χ0) is 19.0. The van der Waals surface area contributed by atoms with Gasteiger partial charge in [0.25, 0.3) is 5.56 Å². The number of anilines is 2. The summed E-state index contributed by atoms with van der Waals surface area (Å²) in [5, 5.41) is 4.50. The molecule has 5 nitrogen and oxygen atoms in total. The first-order valence-electron chi connectivity index (χ1n) is 8.89. The lowest BCUT2D eigenvalue weighted by Gasteiger charge is -2.14. The number of fused-ring (bicyclic) bond motifs is 3. The molecule has 4 rings (SSSR count). The number of nitrogens with one attached hydrogen (secondary N) is 1. The van der Waals surface area contributed by atoms with Gasteiger partial charge >= 0.3 is 0 Å². The second kappa shape index (κ2) is 7.37. The summed E-state index contributed by atoms with van der Waals surface area (Å²) in [4.78, 5) is 20.1.